The largest absolute Gasteiger partial charge is 0.435 e. The lowest BCUT2D eigenvalue weighted by Gasteiger charge is -2.09. The zero-order valence-electron chi connectivity index (χ0n) is 11.0. The van der Waals surface area contributed by atoms with Gasteiger partial charge in [-0.25, -0.2) is 4.98 Å². The molecule has 6 heteroatoms. The van der Waals surface area contributed by atoms with Crippen molar-refractivity contribution in [1.29, 1.82) is 0 Å². The Kier molecular flexibility index (Phi) is 2.47. The van der Waals surface area contributed by atoms with Gasteiger partial charge in [-0.1, -0.05) is 6.07 Å². The predicted octanol–water partition coefficient (Wildman–Crippen LogP) is 2.65. The summed E-state index contributed by atoms with van der Waals surface area (Å²) in [6.07, 6.45) is 6.91. The van der Waals surface area contributed by atoms with Crippen molar-refractivity contribution in [1.82, 2.24) is 19.4 Å². The standard InChI is InChI=1S/C15H11N5O/c16-13-9-20-8-7-18-14(20)15(19-13)21-12-5-1-4-11-10(12)3-2-6-17-11/h1-9H,16H2. The predicted molar refractivity (Wildman–Crippen MR) is 79.2 cm³/mol. The number of pyridine rings is 1. The Hall–Kier alpha value is -3.15. The molecule has 0 aliphatic heterocycles. The smallest absolute Gasteiger partial charge is 0.265 e. The van der Waals surface area contributed by atoms with E-state index >= 15 is 0 Å². The van der Waals surface area contributed by atoms with Crippen LogP contribution in [0.3, 0.4) is 0 Å². The van der Waals surface area contributed by atoms with E-state index in [2.05, 4.69) is 15.0 Å². The number of imidazole rings is 1. The topological polar surface area (TPSA) is 78.3 Å². The lowest BCUT2D eigenvalue weighted by Crippen LogP contribution is -1.99. The van der Waals surface area contributed by atoms with E-state index < -0.39 is 0 Å². The second-order valence-electron chi connectivity index (χ2n) is 4.56. The van der Waals surface area contributed by atoms with Gasteiger partial charge in [0.1, 0.15) is 11.6 Å². The minimum atomic E-state index is 0.369. The maximum Gasteiger partial charge on any atom is 0.265 e. The molecule has 0 saturated heterocycles. The summed E-state index contributed by atoms with van der Waals surface area (Å²) in [5, 5.41) is 0.911. The number of hydrogen-bond donors (Lipinski definition) is 1. The zero-order chi connectivity index (χ0) is 14.2. The molecule has 2 N–H and O–H groups in total. The number of benzene rings is 1. The first-order chi connectivity index (χ1) is 10.3. The minimum Gasteiger partial charge on any atom is -0.435 e. The SMILES string of the molecule is Nc1cn2ccnc2c(Oc2cccc3ncccc23)n1. The van der Waals surface area contributed by atoms with Crippen LogP contribution in [-0.2, 0) is 0 Å². The zero-order valence-corrected chi connectivity index (χ0v) is 11.0. The van der Waals surface area contributed by atoms with E-state index in [-0.39, 0.29) is 0 Å². The van der Waals surface area contributed by atoms with Crippen LogP contribution in [-0.4, -0.2) is 19.4 Å². The quantitative estimate of drug-likeness (QED) is 0.609. The first kappa shape index (κ1) is 11.7. The number of fused-ring (bicyclic) bond motifs is 2. The first-order valence-corrected chi connectivity index (χ1v) is 6.42. The molecule has 0 fully saturated rings. The summed E-state index contributed by atoms with van der Waals surface area (Å²) in [4.78, 5) is 12.8. The van der Waals surface area contributed by atoms with Crippen LogP contribution in [0.1, 0.15) is 0 Å². The molecule has 0 spiro atoms. The molecule has 0 bridgehead atoms. The van der Waals surface area contributed by atoms with Crippen molar-refractivity contribution in [3.63, 3.8) is 0 Å². The molecule has 1 aromatic carbocycles. The van der Waals surface area contributed by atoms with E-state index in [9.17, 15) is 0 Å². The normalized spacial score (nSPS) is 11.0. The van der Waals surface area contributed by atoms with Crippen LogP contribution in [0.4, 0.5) is 5.82 Å². The van der Waals surface area contributed by atoms with Gasteiger partial charge < -0.3 is 10.5 Å². The molecule has 0 aliphatic carbocycles. The van der Waals surface area contributed by atoms with Gasteiger partial charge in [0.2, 0.25) is 5.65 Å². The van der Waals surface area contributed by atoms with Gasteiger partial charge in [-0.15, -0.1) is 0 Å². The highest BCUT2D eigenvalue weighted by molar-refractivity contribution is 5.85. The molecule has 0 unspecified atom stereocenters. The van der Waals surface area contributed by atoms with Crippen molar-refractivity contribution >= 4 is 22.4 Å². The molecule has 0 saturated carbocycles. The fraction of sp³-hybridized carbons (Fsp3) is 0. The molecular formula is C15H11N5O. The fourth-order valence-corrected chi connectivity index (χ4v) is 2.26. The molecule has 102 valence electrons. The van der Waals surface area contributed by atoms with Crippen LogP contribution < -0.4 is 10.5 Å². The second kappa shape index (κ2) is 4.45. The van der Waals surface area contributed by atoms with Crippen LogP contribution in [0.15, 0.2) is 55.1 Å². The van der Waals surface area contributed by atoms with Crippen molar-refractivity contribution in [2.24, 2.45) is 0 Å². The van der Waals surface area contributed by atoms with Gasteiger partial charge in [0.05, 0.1) is 11.7 Å². The lowest BCUT2D eigenvalue weighted by atomic mass is 10.2. The Morgan fingerprint density at radius 2 is 2.00 bits per heavy atom. The molecule has 6 nitrogen and oxygen atoms in total. The van der Waals surface area contributed by atoms with Crippen LogP contribution in [0.25, 0.3) is 16.6 Å². The average Bonchev–Trinajstić information content (AvgIpc) is 2.96. The molecule has 3 heterocycles. The van der Waals surface area contributed by atoms with E-state index in [4.69, 9.17) is 10.5 Å². The van der Waals surface area contributed by atoms with Crippen molar-refractivity contribution in [2.75, 3.05) is 5.73 Å². The van der Waals surface area contributed by atoms with Crippen LogP contribution >= 0.6 is 0 Å². The third-order valence-corrected chi connectivity index (χ3v) is 3.17. The maximum absolute atomic E-state index is 5.93. The Balaban J connectivity index is 1.89. The van der Waals surface area contributed by atoms with Gasteiger partial charge in [0, 0.05) is 24.0 Å². The van der Waals surface area contributed by atoms with Crippen molar-refractivity contribution in [3.8, 4) is 11.6 Å². The highest BCUT2D eigenvalue weighted by atomic mass is 16.5. The minimum absolute atomic E-state index is 0.369. The molecule has 0 atom stereocenters. The Bertz CT molecular complexity index is 942. The van der Waals surface area contributed by atoms with Gasteiger partial charge in [-0.3, -0.25) is 9.38 Å². The Morgan fingerprint density at radius 1 is 1.05 bits per heavy atom. The number of nitrogens with zero attached hydrogens (tertiary/aromatic N) is 4. The van der Waals surface area contributed by atoms with Gasteiger partial charge in [-0.2, -0.15) is 4.98 Å². The van der Waals surface area contributed by atoms with Crippen LogP contribution in [0.5, 0.6) is 11.6 Å². The Labute approximate surface area is 119 Å². The van der Waals surface area contributed by atoms with E-state index in [0.717, 1.165) is 10.9 Å². The first-order valence-electron chi connectivity index (χ1n) is 6.42. The molecule has 0 radical (unpaired) electrons. The number of rotatable bonds is 2. The second-order valence-corrected chi connectivity index (χ2v) is 4.56. The number of anilines is 1. The summed E-state index contributed by atoms with van der Waals surface area (Å²) < 4.78 is 7.71. The number of nitrogen functional groups attached to an aromatic ring is 1. The number of aromatic nitrogens is 4. The molecule has 0 aliphatic rings. The third kappa shape index (κ3) is 1.93. The lowest BCUT2D eigenvalue weighted by molar-refractivity contribution is 0.471. The highest BCUT2D eigenvalue weighted by Gasteiger charge is 2.10. The summed E-state index contributed by atoms with van der Waals surface area (Å²) in [6.45, 7) is 0. The molecule has 21 heavy (non-hydrogen) atoms. The van der Waals surface area contributed by atoms with Gasteiger partial charge in [0.15, 0.2) is 0 Å². The summed E-state index contributed by atoms with van der Waals surface area (Å²) >= 11 is 0. The third-order valence-electron chi connectivity index (χ3n) is 3.17. The van der Waals surface area contributed by atoms with Crippen molar-refractivity contribution in [2.45, 2.75) is 0 Å². The molecule has 0 amide bonds. The van der Waals surface area contributed by atoms with E-state index in [1.54, 1.807) is 29.2 Å². The monoisotopic (exact) mass is 277 g/mol. The molecule has 3 aromatic heterocycles. The van der Waals surface area contributed by atoms with E-state index in [1.165, 1.54) is 0 Å². The number of ether oxygens (including phenoxy) is 1. The van der Waals surface area contributed by atoms with Gasteiger partial charge in [0.25, 0.3) is 5.88 Å². The molecular weight excluding hydrogens is 266 g/mol. The number of nitrogens with two attached hydrogens (primary N) is 1. The Morgan fingerprint density at radius 3 is 2.95 bits per heavy atom. The van der Waals surface area contributed by atoms with E-state index in [1.807, 2.05) is 30.3 Å². The maximum atomic E-state index is 5.93. The van der Waals surface area contributed by atoms with Crippen LogP contribution in [0.2, 0.25) is 0 Å². The average molecular weight is 277 g/mol. The highest BCUT2D eigenvalue weighted by Crippen LogP contribution is 2.30. The number of hydrogen-bond acceptors (Lipinski definition) is 5. The van der Waals surface area contributed by atoms with Gasteiger partial charge in [-0.05, 0) is 24.3 Å². The van der Waals surface area contributed by atoms with Crippen molar-refractivity contribution in [3.05, 3.63) is 55.1 Å². The molecule has 4 aromatic rings. The summed E-state index contributed by atoms with van der Waals surface area (Å²) in [6, 6.07) is 9.51. The fourth-order valence-electron chi connectivity index (χ4n) is 2.26. The van der Waals surface area contributed by atoms with Crippen molar-refractivity contribution < 1.29 is 4.74 Å². The summed E-state index contributed by atoms with van der Waals surface area (Å²) in [7, 11) is 0. The summed E-state index contributed by atoms with van der Waals surface area (Å²) in [5.41, 5.74) is 7.27. The molecule has 4 rings (SSSR count). The van der Waals surface area contributed by atoms with Crippen LogP contribution in [0, 0.1) is 0 Å². The van der Waals surface area contributed by atoms with E-state index in [0.29, 0.717) is 23.1 Å². The van der Waals surface area contributed by atoms with Gasteiger partial charge >= 0.3 is 0 Å². The summed E-state index contributed by atoms with van der Waals surface area (Å²) in [5.74, 6) is 1.41.